The van der Waals surface area contributed by atoms with Gasteiger partial charge in [-0.2, -0.15) is 0 Å². The van der Waals surface area contributed by atoms with E-state index in [1.165, 1.54) is 0 Å². The Kier molecular flexibility index (Phi) is 4.19. The first-order valence-corrected chi connectivity index (χ1v) is 10.1. The maximum absolute atomic E-state index is 12.6. The summed E-state index contributed by atoms with van der Waals surface area (Å²) in [7, 11) is 0. The maximum atomic E-state index is 12.6. The molecule has 1 amide bonds. The zero-order valence-electron chi connectivity index (χ0n) is 16.4. The minimum absolute atomic E-state index is 0.0892. The van der Waals surface area contributed by atoms with Crippen LogP contribution in [0.25, 0.3) is 11.0 Å². The van der Waals surface area contributed by atoms with Crippen molar-refractivity contribution in [1.29, 1.82) is 0 Å². The molecular formula is C22H24N4O3. The van der Waals surface area contributed by atoms with E-state index in [2.05, 4.69) is 9.97 Å². The molecule has 7 nitrogen and oxygen atoms in total. The Bertz CT molecular complexity index is 1100. The monoisotopic (exact) mass is 392 g/mol. The molecule has 0 bridgehead atoms. The zero-order chi connectivity index (χ0) is 20.0. The van der Waals surface area contributed by atoms with E-state index in [1.807, 2.05) is 52.8 Å². The summed E-state index contributed by atoms with van der Waals surface area (Å²) < 4.78 is 7.65. The van der Waals surface area contributed by atoms with Crippen molar-refractivity contribution in [1.82, 2.24) is 19.4 Å². The predicted molar refractivity (Wildman–Crippen MR) is 109 cm³/mol. The molecule has 0 spiro atoms. The lowest BCUT2D eigenvalue weighted by molar-refractivity contribution is 0.0696. The molecule has 2 aromatic heterocycles. The first kappa shape index (κ1) is 18.0. The lowest BCUT2D eigenvalue weighted by Gasteiger charge is -2.34. The third-order valence-electron chi connectivity index (χ3n) is 6.39. The Labute approximate surface area is 168 Å². The van der Waals surface area contributed by atoms with Crippen molar-refractivity contribution < 1.29 is 9.53 Å². The first-order valence-electron chi connectivity index (χ1n) is 10.1. The van der Waals surface area contributed by atoms with Gasteiger partial charge in [0, 0.05) is 18.3 Å². The number of carbonyl (C=O) groups is 1. The fourth-order valence-electron chi connectivity index (χ4n) is 4.86. The molecule has 1 aliphatic carbocycles. The number of H-pyrrole nitrogens is 1. The molecule has 5 rings (SSSR count). The standard InChI is InChI=1S/C22H24N4O3/c1-22(15-5-3-2-4-6-15)14-25(21(28)29-22)16-7-9-17(10-8-16)26-19-11-12-23-13-18(19)24-20(26)27/h2-6,11-13,16-17H,7-10,14H2,1H3,(H,24,27)/t16-,17-,22?. The highest BCUT2D eigenvalue weighted by Gasteiger charge is 2.46. The number of nitrogens with one attached hydrogen (secondary N) is 1. The van der Waals surface area contributed by atoms with Gasteiger partial charge in [0.25, 0.3) is 0 Å². The van der Waals surface area contributed by atoms with Gasteiger partial charge in [-0.05, 0) is 44.2 Å². The zero-order valence-corrected chi connectivity index (χ0v) is 16.4. The van der Waals surface area contributed by atoms with E-state index in [-0.39, 0.29) is 23.9 Å². The van der Waals surface area contributed by atoms with Crippen LogP contribution in [0.2, 0.25) is 0 Å². The van der Waals surface area contributed by atoms with Gasteiger partial charge in [0.15, 0.2) is 5.60 Å². The molecule has 150 valence electrons. The quantitative estimate of drug-likeness (QED) is 0.739. The predicted octanol–water partition coefficient (Wildman–Crippen LogP) is 3.58. The van der Waals surface area contributed by atoms with Crippen molar-refractivity contribution in [3.05, 3.63) is 64.8 Å². The van der Waals surface area contributed by atoms with Crippen LogP contribution in [0.3, 0.4) is 0 Å². The lowest BCUT2D eigenvalue weighted by atomic mass is 9.89. The third-order valence-corrected chi connectivity index (χ3v) is 6.39. The second kappa shape index (κ2) is 6.76. The number of carbonyl (C=O) groups excluding carboxylic acids is 1. The summed E-state index contributed by atoms with van der Waals surface area (Å²) in [4.78, 5) is 34.0. The molecule has 2 aliphatic rings. The fourth-order valence-corrected chi connectivity index (χ4v) is 4.86. The maximum Gasteiger partial charge on any atom is 0.411 e. The summed E-state index contributed by atoms with van der Waals surface area (Å²) >= 11 is 0. The van der Waals surface area contributed by atoms with Gasteiger partial charge < -0.3 is 14.6 Å². The van der Waals surface area contributed by atoms with Crippen LogP contribution >= 0.6 is 0 Å². The highest BCUT2D eigenvalue weighted by Crippen LogP contribution is 2.38. The highest BCUT2D eigenvalue weighted by atomic mass is 16.6. The van der Waals surface area contributed by atoms with Gasteiger partial charge in [-0.1, -0.05) is 30.3 Å². The topological polar surface area (TPSA) is 80.2 Å². The molecule has 1 atom stereocenters. The van der Waals surface area contributed by atoms with Crippen molar-refractivity contribution in [3.63, 3.8) is 0 Å². The Hall–Kier alpha value is -3.09. The number of hydrogen-bond donors (Lipinski definition) is 1. The third kappa shape index (κ3) is 3.01. The van der Waals surface area contributed by atoms with Crippen LogP contribution in [0.4, 0.5) is 4.79 Å². The molecule has 1 aliphatic heterocycles. The van der Waals surface area contributed by atoms with Crippen molar-refractivity contribution >= 4 is 17.1 Å². The Balaban J connectivity index is 1.31. The van der Waals surface area contributed by atoms with E-state index < -0.39 is 5.60 Å². The number of ether oxygens (including phenoxy) is 1. The molecule has 29 heavy (non-hydrogen) atoms. The van der Waals surface area contributed by atoms with Crippen LogP contribution in [0, 0.1) is 0 Å². The average molecular weight is 392 g/mol. The van der Waals surface area contributed by atoms with Crippen LogP contribution in [0.1, 0.15) is 44.2 Å². The van der Waals surface area contributed by atoms with Gasteiger partial charge in [-0.25, -0.2) is 9.59 Å². The summed E-state index contributed by atoms with van der Waals surface area (Å²) in [5, 5.41) is 0. The minimum Gasteiger partial charge on any atom is -0.436 e. The summed E-state index contributed by atoms with van der Waals surface area (Å²) in [5.41, 5.74) is 1.97. The number of aromatic amines is 1. The molecule has 1 aromatic carbocycles. The van der Waals surface area contributed by atoms with E-state index >= 15 is 0 Å². The molecule has 3 aromatic rings. The molecular weight excluding hydrogens is 368 g/mol. The number of imidazole rings is 1. The van der Waals surface area contributed by atoms with E-state index in [0.717, 1.165) is 42.3 Å². The highest BCUT2D eigenvalue weighted by molar-refractivity contribution is 5.74. The second-order valence-electron chi connectivity index (χ2n) is 8.25. The van der Waals surface area contributed by atoms with Crippen LogP contribution in [-0.2, 0) is 10.3 Å². The average Bonchev–Trinajstić information content (AvgIpc) is 3.25. The van der Waals surface area contributed by atoms with Crippen LogP contribution in [-0.4, -0.2) is 38.1 Å². The molecule has 7 heteroatoms. The smallest absolute Gasteiger partial charge is 0.411 e. The van der Waals surface area contributed by atoms with E-state index in [9.17, 15) is 9.59 Å². The molecule has 1 unspecified atom stereocenters. The van der Waals surface area contributed by atoms with Gasteiger partial charge in [-0.15, -0.1) is 0 Å². The second-order valence-corrected chi connectivity index (χ2v) is 8.25. The van der Waals surface area contributed by atoms with Crippen molar-refractivity contribution in [3.8, 4) is 0 Å². The number of benzene rings is 1. The molecule has 0 radical (unpaired) electrons. The molecule has 1 saturated carbocycles. The van der Waals surface area contributed by atoms with E-state index in [1.54, 1.807) is 12.4 Å². The number of fused-ring (bicyclic) bond motifs is 1. The summed E-state index contributed by atoms with van der Waals surface area (Å²) in [6.45, 7) is 2.54. The number of amides is 1. The van der Waals surface area contributed by atoms with Gasteiger partial charge in [0.1, 0.15) is 0 Å². The SMILES string of the molecule is CC1(c2ccccc2)CN([C@H]2CC[C@H](n3c(=O)[nH]c4cnccc43)CC2)C(=O)O1. The van der Waals surface area contributed by atoms with Crippen LogP contribution in [0.15, 0.2) is 53.6 Å². The first-order chi connectivity index (χ1) is 14.0. The summed E-state index contributed by atoms with van der Waals surface area (Å²) in [6, 6.07) is 12.1. The summed E-state index contributed by atoms with van der Waals surface area (Å²) in [5.74, 6) is 0. The molecule has 3 heterocycles. The van der Waals surface area contributed by atoms with Crippen molar-refractivity contribution in [2.24, 2.45) is 0 Å². The number of rotatable bonds is 3. The van der Waals surface area contributed by atoms with Gasteiger partial charge in [0.2, 0.25) is 0 Å². The Morgan fingerprint density at radius 2 is 1.79 bits per heavy atom. The normalized spacial score (nSPS) is 27.3. The van der Waals surface area contributed by atoms with Gasteiger partial charge in [0.05, 0.1) is 23.8 Å². The number of pyridine rings is 1. The van der Waals surface area contributed by atoms with E-state index in [4.69, 9.17) is 4.74 Å². The van der Waals surface area contributed by atoms with Crippen molar-refractivity contribution in [2.75, 3.05) is 6.54 Å². The minimum atomic E-state index is -0.615. The molecule has 1 N–H and O–H groups in total. The van der Waals surface area contributed by atoms with Gasteiger partial charge in [-0.3, -0.25) is 9.55 Å². The van der Waals surface area contributed by atoms with Gasteiger partial charge >= 0.3 is 11.8 Å². The number of aromatic nitrogens is 3. The summed E-state index contributed by atoms with van der Waals surface area (Å²) in [6.07, 6.45) is 6.57. The number of hydrogen-bond acceptors (Lipinski definition) is 4. The number of nitrogens with zero attached hydrogens (tertiary/aromatic N) is 3. The van der Waals surface area contributed by atoms with Crippen LogP contribution < -0.4 is 5.69 Å². The number of cyclic esters (lactones) is 1. The van der Waals surface area contributed by atoms with Crippen LogP contribution in [0.5, 0.6) is 0 Å². The lowest BCUT2D eigenvalue weighted by Crippen LogP contribution is -2.41. The largest absolute Gasteiger partial charge is 0.436 e. The Morgan fingerprint density at radius 3 is 2.55 bits per heavy atom. The molecule has 1 saturated heterocycles. The van der Waals surface area contributed by atoms with Crippen molar-refractivity contribution in [2.45, 2.75) is 50.3 Å². The van der Waals surface area contributed by atoms with E-state index in [0.29, 0.717) is 6.54 Å². The fraction of sp³-hybridized carbons (Fsp3) is 0.409. The Morgan fingerprint density at radius 1 is 1.07 bits per heavy atom. The molecule has 2 fully saturated rings.